The van der Waals surface area contributed by atoms with Gasteiger partial charge in [0.05, 0.1) is 0 Å². The standard InChI is InChI=1S/C19H35N5O2.HI/c1-3-16(24-12-6-8-18(24)26)9-10-22-19(21-4-2)23-11-5-7-15(14-23)13-17(20)25;/h15-16H,3-14H2,1-2H3,(H2,20,25)(H,21,22);1H. The van der Waals surface area contributed by atoms with E-state index in [2.05, 4.69) is 24.1 Å². The van der Waals surface area contributed by atoms with Crippen LogP contribution < -0.4 is 11.1 Å². The number of nitrogens with one attached hydrogen (secondary N) is 1. The number of carbonyl (C=O) groups excluding carboxylic acids is 2. The smallest absolute Gasteiger partial charge is 0.222 e. The van der Waals surface area contributed by atoms with Gasteiger partial charge in [-0.1, -0.05) is 6.92 Å². The molecule has 2 atom stereocenters. The number of amides is 2. The molecule has 0 aromatic carbocycles. The van der Waals surface area contributed by atoms with Crippen molar-refractivity contribution in [3.63, 3.8) is 0 Å². The third kappa shape index (κ3) is 7.46. The van der Waals surface area contributed by atoms with Gasteiger partial charge in [0, 0.05) is 51.6 Å². The van der Waals surface area contributed by atoms with Crippen molar-refractivity contribution >= 4 is 41.8 Å². The predicted molar refractivity (Wildman–Crippen MR) is 119 cm³/mol. The van der Waals surface area contributed by atoms with E-state index < -0.39 is 0 Å². The highest BCUT2D eigenvalue weighted by Crippen LogP contribution is 2.20. The van der Waals surface area contributed by atoms with Gasteiger partial charge in [0.2, 0.25) is 11.8 Å². The van der Waals surface area contributed by atoms with Crippen LogP contribution in [0.15, 0.2) is 4.99 Å². The number of primary amides is 1. The fraction of sp³-hybridized carbons (Fsp3) is 0.842. The first kappa shape index (κ1) is 24.0. The number of aliphatic imine (C=N–C) groups is 1. The first-order chi connectivity index (χ1) is 12.5. The number of piperidine rings is 1. The average molecular weight is 493 g/mol. The summed E-state index contributed by atoms with van der Waals surface area (Å²) in [4.78, 5) is 32.3. The van der Waals surface area contributed by atoms with E-state index in [0.717, 1.165) is 64.2 Å². The Bertz CT molecular complexity index is 514. The minimum absolute atomic E-state index is 0. The average Bonchev–Trinajstić information content (AvgIpc) is 3.03. The SMILES string of the molecule is CCNC(=NCCC(CC)N1CCCC1=O)N1CCCC(CC(N)=O)C1.I. The first-order valence-electron chi connectivity index (χ1n) is 10.2. The second-order valence-corrected chi connectivity index (χ2v) is 7.40. The summed E-state index contributed by atoms with van der Waals surface area (Å²) in [7, 11) is 0. The fourth-order valence-corrected chi connectivity index (χ4v) is 4.09. The summed E-state index contributed by atoms with van der Waals surface area (Å²) in [6, 6.07) is 0.292. The molecular formula is C19H36IN5O2. The number of rotatable bonds is 8. The molecule has 156 valence electrons. The second kappa shape index (κ2) is 12.4. The minimum atomic E-state index is -0.222. The highest BCUT2D eigenvalue weighted by atomic mass is 127. The summed E-state index contributed by atoms with van der Waals surface area (Å²) >= 11 is 0. The molecule has 2 heterocycles. The van der Waals surface area contributed by atoms with Crippen molar-refractivity contribution in [2.24, 2.45) is 16.6 Å². The maximum atomic E-state index is 12.0. The van der Waals surface area contributed by atoms with Crippen molar-refractivity contribution in [3.05, 3.63) is 0 Å². The van der Waals surface area contributed by atoms with E-state index in [1.807, 2.05) is 4.90 Å². The highest BCUT2D eigenvalue weighted by Gasteiger charge is 2.27. The molecule has 3 N–H and O–H groups in total. The summed E-state index contributed by atoms with van der Waals surface area (Å²) in [6.45, 7) is 8.42. The topological polar surface area (TPSA) is 91.0 Å². The van der Waals surface area contributed by atoms with Crippen LogP contribution in [-0.4, -0.2) is 66.3 Å². The third-order valence-electron chi connectivity index (χ3n) is 5.39. The van der Waals surface area contributed by atoms with E-state index >= 15 is 0 Å². The predicted octanol–water partition coefficient (Wildman–Crippen LogP) is 1.95. The molecule has 0 aromatic rings. The molecule has 0 spiro atoms. The van der Waals surface area contributed by atoms with Crippen LogP contribution in [0.3, 0.4) is 0 Å². The van der Waals surface area contributed by atoms with Crippen LogP contribution in [0.4, 0.5) is 0 Å². The lowest BCUT2D eigenvalue weighted by atomic mass is 9.95. The molecular weight excluding hydrogens is 457 g/mol. The number of halogens is 1. The molecule has 0 saturated carbocycles. The Morgan fingerprint density at radius 1 is 1.33 bits per heavy atom. The van der Waals surface area contributed by atoms with Gasteiger partial charge in [-0.3, -0.25) is 14.6 Å². The molecule has 2 fully saturated rings. The molecule has 0 bridgehead atoms. The second-order valence-electron chi connectivity index (χ2n) is 7.40. The minimum Gasteiger partial charge on any atom is -0.370 e. The lowest BCUT2D eigenvalue weighted by molar-refractivity contribution is -0.129. The molecule has 7 nitrogen and oxygen atoms in total. The largest absolute Gasteiger partial charge is 0.370 e. The summed E-state index contributed by atoms with van der Waals surface area (Å²) in [6.07, 6.45) is 6.10. The first-order valence-corrected chi connectivity index (χ1v) is 10.2. The molecule has 2 amide bonds. The van der Waals surface area contributed by atoms with E-state index in [1.165, 1.54) is 0 Å². The van der Waals surface area contributed by atoms with Gasteiger partial charge in [-0.25, -0.2) is 0 Å². The molecule has 2 saturated heterocycles. The van der Waals surface area contributed by atoms with Gasteiger partial charge < -0.3 is 20.9 Å². The van der Waals surface area contributed by atoms with E-state index in [1.54, 1.807) is 0 Å². The van der Waals surface area contributed by atoms with Crippen LogP contribution in [0.1, 0.15) is 58.8 Å². The Labute approximate surface area is 180 Å². The van der Waals surface area contributed by atoms with Crippen LogP contribution in [-0.2, 0) is 9.59 Å². The van der Waals surface area contributed by atoms with E-state index in [4.69, 9.17) is 10.7 Å². The summed E-state index contributed by atoms with van der Waals surface area (Å²) in [5.74, 6) is 1.30. The molecule has 0 radical (unpaired) electrons. The monoisotopic (exact) mass is 493 g/mol. The van der Waals surface area contributed by atoms with E-state index in [9.17, 15) is 9.59 Å². The number of nitrogens with zero attached hydrogens (tertiary/aromatic N) is 3. The van der Waals surface area contributed by atoms with Crippen molar-refractivity contribution in [1.82, 2.24) is 15.1 Å². The van der Waals surface area contributed by atoms with Crippen molar-refractivity contribution in [3.8, 4) is 0 Å². The summed E-state index contributed by atoms with van der Waals surface area (Å²) in [5, 5.41) is 3.38. The number of hydrogen-bond acceptors (Lipinski definition) is 3. The third-order valence-corrected chi connectivity index (χ3v) is 5.39. The van der Waals surface area contributed by atoms with Gasteiger partial charge in [-0.2, -0.15) is 0 Å². The molecule has 2 aliphatic heterocycles. The molecule has 2 rings (SSSR count). The quantitative estimate of drug-likeness (QED) is 0.307. The molecule has 27 heavy (non-hydrogen) atoms. The van der Waals surface area contributed by atoms with Gasteiger partial charge in [-0.05, 0) is 44.9 Å². The Balaban J connectivity index is 0.00000364. The highest BCUT2D eigenvalue weighted by molar-refractivity contribution is 14.0. The van der Waals surface area contributed by atoms with Gasteiger partial charge in [-0.15, -0.1) is 24.0 Å². The van der Waals surface area contributed by atoms with Crippen molar-refractivity contribution in [2.75, 3.05) is 32.7 Å². The Kier molecular flexibility index (Phi) is 11.0. The molecule has 8 heteroatoms. The van der Waals surface area contributed by atoms with Gasteiger partial charge in [0.1, 0.15) is 0 Å². The van der Waals surface area contributed by atoms with Crippen LogP contribution >= 0.6 is 24.0 Å². The lowest BCUT2D eigenvalue weighted by Gasteiger charge is -2.35. The van der Waals surface area contributed by atoms with Crippen LogP contribution in [0.2, 0.25) is 0 Å². The Morgan fingerprint density at radius 3 is 2.70 bits per heavy atom. The molecule has 0 aromatic heterocycles. The molecule has 2 unspecified atom stereocenters. The van der Waals surface area contributed by atoms with Gasteiger partial charge in [0.25, 0.3) is 0 Å². The van der Waals surface area contributed by atoms with Crippen molar-refractivity contribution in [1.29, 1.82) is 0 Å². The number of carbonyl (C=O) groups is 2. The number of guanidine groups is 1. The summed E-state index contributed by atoms with van der Waals surface area (Å²) in [5.41, 5.74) is 5.37. The Morgan fingerprint density at radius 2 is 2.11 bits per heavy atom. The maximum absolute atomic E-state index is 12.0. The normalized spacial score (nSPS) is 21.8. The fourth-order valence-electron chi connectivity index (χ4n) is 4.09. The molecule has 0 aliphatic carbocycles. The van der Waals surface area contributed by atoms with Gasteiger partial charge in [0.15, 0.2) is 5.96 Å². The summed E-state index contributed by atoms with van der Waals surface area (Å²) < 4.78 is 0. The Hall–Kier alpha value is -1.06. The van der Waals surface area contributed by atoms with Crippen LogP contribution in [0.25, 0.3) is 0 Å². The zero-order valence-electron chi connectivity index (χ0n) is 16.8. The maximum Gasteiger partial charge on any atom is 0.222 e. The lowest BCUT2D eigenvalue weighted by Crippen LogP contribution is -2.47. The van der Waals surface area contributed by atoms with E-state index in [-0.39, 0.29) is 35.8 Å². The van der Waals surface area contributed by atoms with Crippen molar-refractivity contribution in [2.45, 2.75) is 64.8 Å². The number of nitrogens with two attached hydrogens (primary N) is 1. The van der Waals surface area contributed by atoms with Crippen LogP contribution in [0, 0.1) is 5.92 Å². The molecule has 2 aliphatic rings. The number of hydrogen-bond donors (Lipinski definition) is 2. The van der Waals surface area contributed by atoms with Gasteiger partial charge >= 0.3 is 0 Å². The van der Waals surface area contributed by atoms with Crippen LogP contribution in [0.5, 0.6) is 0 Å². The zero-order chi connectivity index (χ0) is 18.9. The number of likely N-dealkylation sites (tertiary alicyclic amines) is 2. The zero-order valence-corrected chi connectivity index (χ0v) is 19.1. The van der Waals surface area contributed by atoms with E-state index in [0.29, 0.717) is 31.3 Å². The van der Waals surface area contributed by atoms with Crippen molar-refractivity contribution < 1.29 is 9.59 Å².